The molecular weight excluding hydrogens is 731 g/mol. The molecule has 0 bridgehead atoms. The summed E-state index contributed by atoms with van der Waals surface area (Å²) in [4.78, 5) is 0. The molecule has 60 heavy (non-hydrogen) atoms. The quantitative estimate of drug-likeness (QED) is 0.176. The van der Waals surface area contributed by atoms with Crippen molar-refractivity contribution in [2.24, 2.45) is 0 Å². The second kappa shape index (κ2) is 12.7. The lowest BCUT2D eigenvalue weighted by Crippen LogP contribution is -2.00. The first kappa shape index (κ1) is 32.9. The van der Waals surface area contributed by atoms with Gasteiger partial charge in [0.1, 0.15) is 6.26 Å². The predicted molar refractivity (Wildman–Crippen MR) is 252 cm³/mol. The van der Waals surface area contributed by atoms with E-state index in [9.17, 15) is 0 Å². The van der Waals surface area contributed by atoms with E-state index in [0.717, 1.165) is 49.7 Å². The first-order chi connectivity index (χ1) is 29.8. The zero-order valence-corrected chi connectivity index (χ0v) is 32.5. The summed E-state index contributed by atoms with van der Waals surface area (Å²) in [5.74, 6) is 0. The van der Waals surface area contributed by atoms with Crippen molar-refractivity contribution in [3.8, 4) is 17.1 Å². The van der Waals surface area contributed by atoms with E-state index < -0.39 is 0 Å². The van der Waals surface area contributed by atoms with Gasteiger partial charge < -0.3 is 18.1 Å². The third-order valence-electron chi connectivity index (χ3n) is 12.6. The molecule has 0 fully saturated rings. The molecule has 0 spiro atoms. The van der Waals surface area contributed by atoms with Crippen molar-refractivity contribution in [1.29, 1.82) is 0 Å². The molecule has 0 amide bonds. The molecular formula is C56H35N3O. The molecule has 0 aliphatic rings. The van der Waals surface area contributed by atoms with Crippen LogP contribution in [-0.4, -0.2) is 13.7 Å². The highest BCUT2D eigenvalue weighted by Crippen LogP contribution is 2.45. The molecule has 0 radical (unpaired) electrons. The van der Waals surface area contributed by atoms with Gasteiger partial charge >= 0.3 is 0 Å². The monoisotopic (exact) mass is 765 g/mol. The minimum Gasteiger partial charge on any atom is -0.461 e. The van der Waals surface area contributed by atoms with Gasteiger partial charge in [-0.2, -0.15) is 0 Å². The smallest absolute Gasteiger partial charge is 0.151 e. The van der Waals surface area contributed by atoms with Gasteiger partial charge in [0.2, 0.25) is 0 Å². The molecule has 4 heteroatoms. The number of aromatic nitrogens is 3. The molecule has 3 heterocycles. The summed E-state index contributed by atoms with van der Waals surface area (Å²) in [7, 11) is 0. The molecule has 0 atom stereocenters. The number of para-hydroxylation sites is 5. The Hall–Kier alpha value is -8.08. The van der Waals surface area contributed by atoms with Gasteiger partial charge in [-0.25, -0.2) is 0 Å². The fourth-order valence-corrected chi connectivity index (χ4v) is 10.1. The van der Waals surface area contributed by atoms with Gasteiger partial charge in [0.15, 0.2) is 5.58 Å². The maximum atomic E-state index is 6.39. The lowest BCUT2D eigenvalue weighted by molar-refractivity contribution is 0.593. The average molecular weight is 766 g/mol. The van der Waals surface area contributed by atoms with Crippen molar-refractivity contribution in [3.63, 3.8) is 0 Å². The van der Waals surface area contributed by atoms with Crippen LogP contribution in [0.15, 0.2) is 217 Å². The summed E-state index contributed by atoms with van der Waals surface area (Å²) < 4.78 is 13.6. The molecule has 280 valence electrons. The summed E-state index contributed by atoms with van der Waals surface area (Å²) in [5.41, 5.74) is 9.83. The van der Waals surface area contributed by atoms with E-state index in [1.54, 1.807) is 6.26 Å². The third kappa shape index (κ3) is 4.61. The maximum Gasteiger partial charge on any atom is 0.151 e. The van der Waals surface area contributed by atoms with E-state index in [1.165, 1.54) is 65.2 Å². The van der Waals surface area contributed by atoms with Gasteiger partial charge in [-0.3, -0.25) is 0 Å². The van der Waals surface area contributed by atoms with E-state index >= 15 is 0 Å². The fraction of sp³-hybridized carbons (Fsp3) is 0. The largest absolute Gasteiger partial charge is 0.461 e. The minimum atomic E-state index is 0.815. The molecule has 0 N–H and O–H groups in total. The average Bonchev–Trinajstić information content (AvgIpc) is 3.83. The molecule has 4 nitrogen and oxygen atoms in total. The summed E-state index contributed by atoms with van der Waals surface area (Å²) >= 11 is 0. The standard InChI is InChI=1S/C56H35N3O/c1-2-16-36(17-3-1)57-32-33-60-54-35-46-38-19-5-4-18-37(38)43-24-14-30-51(58-47-26-10-6-20-39(47)40-21-7-11-27-48(40)58)55(43)56-44(45(46)34-53(54)57)25-15-31-52(56)59-49-28-12-8-22-41(49)42-23-9-13-29-50(42)59/h1-35H. The van der Waals surface area contributed by atoms with Crippen molar-refractivity contribution in [1.82, 2.24) is 13.7 Å². The van der Waals surface area contributed by atoms with Crippen LogP contribution in [0.4, 0.5) is 0 Å². The van der Waals surface area contributed by atoms with Crippen molar-refractivity contribution >= 4 is 97.8 Å². The Morgan fingerprint density at radius 1 is 0.300 bits per heavy atom. The summed E-state index contributed by atoms with van der Waals surface area (Å²) in [5, 5.41) is 14.2. The molecule has 0 aliphatic heterocycles. The van der Waals surface area contributed by atoms with Crippen LogP contribution in [0.3, 0.4) is 0 Å². The lowest BCUT2D eigenvalue weighted by atomic mass is 9.92. The van der Waals surface area contributed by atoms with Crippen LogP contribution in [0, 0.1) is 0 Å². The van der Waals surface area contributed by atoms with Gasteiger partial charge in [0.25, 0.3) is 0 Å². The van der Waals surface area contributed by atoms with Crippen LogP contribution in [0.5, 0.6) is 0 Å². The minimum absolute atomic E-state index is 0.815. The molecule has 0 aliphatic carbocycles. The summed E-state index contributed by atoms with van der Waals surface area (Å²) in [6, 6.07) is 73.1. The number of nitrogens with zero attached hydrogens (tertiary/aromatic N) is 3. The van der Waals surface area contributed by atoms with Gasteiger partial charge in [-0.05, 0) is 93.0 Å². The summed E-state index contributed by atoms with van der Waals surface area (Å²) in [6.45, 7) is 0. The van der Waals surface area contributed by atoms with Gasteiger partial charge in [0, 0.05) is 44.2 Å². The SMILES string of the molecule is c1ccc(-n2ccoc3cc4c5ccccc5c5cccc(-n6c7ccccc7c7ccccc76)c5c5c(-n6c7ccccc7c7ccccc76)cccc5c4cc32)cc1. The molecule has 3 aromatic heterocycles. The molecule has 13 rings (SSSR count). The molecule has 13 aromatic rings. The van der Waals surface area contributed by atoms with E-state index in [2.05, 4.69) is 214 Å². The molecule has 0 saturated heterocycles. The Balaban J connectivity index is 1.34. The maximum absolute atomic E-state index is 6.39. The van der Waals surface area contributed by atoms with Gasteiger partial charge in [-0.15, -0.1) is 0 Å². The van der Waals surface area contributed by atoms with Crippen molar-refractivity contribution in [2.45, 2.75) is 0 Å². The second-order valence-electron chi connectivity index (χ2n) is 15.7. The van der Waals surface area contributed by atoms with Crippen LogP contribution >= 0.6 is 0 Å². The van der Waals surface area contributed by atoms with E-state index in [-0.39, 0.29) is 0 Å². The van der Waals surface area contributed by atoms with E-state index in [1.807, 2.05) is 6.20 Å². The number of hydrogen-bond donors (Lipinski definition) is 0. The zero-order chi connectivity index (χ0) is 39.3. The number of benzene rings is 9. The summed E-state index contributed by atoms with van der Waals surface area (Å²) in [6.07, 6.45) is 3.81. The fourth-order valence-electron chi connectivity index (χ4n) is 10.1. The Morgan fingerprint density at radius 3 is 1.22 bits per heavy atom. The first-order valence-electron chi connectivity index (χ1n) is 20.5. The highest BCUT2D eigenvalue weighted by molar-refractivity contribution is 6.30. The van der Waals surface area contributed by atoms with Gasteiger partial charge in [-0.1, -0.05) is 140 Å². The van der Waals surface area contributed by atoms with Crippen LogP contribution in [0.2, 0.25) is 0 Å². The normalized spacial score (nSPS) is 12.0. The van der Waals surface area contributed by atoms with Crippen molar-refractivity contribution in [3.05, 3.63) is 213 Å². The third-order valence-corrected chi connectivity index (χ3v) is 12.6. The Kier molecular flexibility index (Phi) is 6.98. The highest BCUT2D eigenvalue weighted by atomic mass is 16.3. The van der Waals surface area contributed by atoms with Crippen LogP contribution in [0.25, 0.3) is 115 Å². The highest BCUT2D eigenvalue weighted by Gasteiger charge is 2.21. The lowest BCUT2D eigenvalue weighted by Gasteiger charge is -2.19. The van der Waals surface area contributed by atoms with Crippen LogP contribution in [0.1, 0.15) is 0 Å². The Labute approximate surface area is 344 Å². The number of hydrogen-bond acceptors (Lipinski definition) is 1. The van der Waals surface area contributed by atoms with Crippen molar-refractivity contribution in [2.75, 3.05) is 0 Å². The van der Waals surface area contributed by atoms with Crippen molar-refractivity contribution < 1.29 is 4.42 Å². The topological polar surface area (TPSA) is 27.9 Å². The number of fused-ring (bicyclic) bond motifs is 15. The van der Waals surface area contributed by atoms with E-state index in [4.69, 9.17) is 4.42 Å². The first-order valence-corrected chi connectivity index (χ1v) is 20.5. The zero-order valence-electron chi connectivity index (χ0n) is 32.5. The van der Waals surface area contributed by atoms with E-state index in [0.29, 0.717) is 0 Å². The Morgan fingerprint density at radius 2 is 0.700 bits per heavy atom. The molecule has 0 unspecified atom stereocenters. The van der Waals surface area contributed by atoms with Crippen LogP contribution in [-0.2, 0) is 0 Å². The Bertz CT molecular complexity index is 3850. The predicted octanol–water partition coefficient (Wildman–Crippen LogP) is 15.2. The number of rotatable bonds is 3. The van der Waals surface area contributed by atoms with Gasteiger partial charge in [0.05, 0.1) is 39.0 Å². The molecule has 0 saturated carbocycles. The van der Waals surface area contributed by atoms with Crippen LogP contribution < -0.4 is 0 Å². The molecule has 10 aromatic carbocycles. The second-order valence-corrected chi connectivity index (χ2v) is 15.7.